The predicted molar refractivity (Wildman–Crippen MR) is 67.3 cm³/mol. The van der Waals surface area contributed by atoms with E-state index in [0.29, 0.717) is 17.9 Å². The number of aromatic amines is 2. The number of hydrogen-bond acceptors (Lipinski definition) is 3. The molecule has 3 aromatic rings. The van der Waals surface area contributed by atoms with Gasteiger partial charge in [0.15, 0.2) is 5.82 Å². The van der Waals surface area contributed by atoms with Crippen LogP contribution in [0.1, 0.15) is 11.4 Å². The topological polar surface area (TPSA) is 74.9 Å². The van der Waals surface area contributed by atoms with Gasteiger partial charge in [-0.2, -0.15) is 0 Å². The zero-order valence-corrected chi connectivity index (χ0v) is 10.2. The summed E-state index contributed by atoms with van der Waals surface area (Å²) in [4.78, 5) is 17.2. The molecule has 2 N–H and O–H groups in total. The lowest BCUT2D eigenvalue weighted by atomic mass is 10.2. The molecule has 1 aromatic carbocycles. The van der Waals surface area contributed by atoms with Crippen molar-refractivity contribution in [2.24, 2.45) is 0 Å². The fourth-order valence-corrected chi connectivity index (χ4v) is 1.83. The van der Waals surface area contributed by atoms with Gasteiger partial charge in [-0.25, -0.2) is 4.98 Å². The minimum absolute atomic E-state index is 0.186. The van der Waals surface area contributed by atoms with Crippen LogP contribution in [0, 0.1) is 0 Å². The molecule has 0 aliphatic carbocycles. The summed E-state index contributed by atoms with van der Waals surface area (Å²) in [6.45, 7) is 0.749. The molecule has 0 saturated carbocycles. The molecule has 96 valence electrons. The van der Waals surface area contributed by atoms with Gasteiger partial charge in [-0.3, -0.25) is 4.79 Å². The Morgan fingerprint density at radius 1 is 1.21 bits per heavy atom. The van der Waals surface area contributed by atoms with Crippen LogP contribution in [0.15, 0.2) is 47.7 Å². The van der Waals surface area contributed by atoms with Crippen LogP contribution < -0.4 is 10.1 Å². The van der Waals surface area contributed by atoms with Gasteiger partial charge < -0.3 is 9.72 Å². The Morgan fingerprint density at radius 2 is 2.05 bits per heavy atom. The van der Waals surface area contributed by atoms with E-state index < -0.39 is 0 Å². The van der Waals surface area contributed by atoms with E-state index in [4.69, 9.17) is 4.74 Å². The van der Waals surface area contributed by atoms with Crippen LogP contribution >= 0.6 is 0 Å². The fraction of sp³-hybridized carbons (Fsp3) is 0.154. The third-order valence-corrected chi connectivity index (χ3v) is 2.73. The number of ether oxygens (including phenoxy) is 1. The maximum Gasteiger partial charge on any atom is 0.302 e. The lowest BCUT2D eigenvalue weighted by Gasteiger charge is -2.02. The van der Waals surface area contributed by atoms with E-state index in [1.807, 2.05) is 30.3 Å². The number of nitrogens with one attached hydrogen (secondary N) is 2. The number of H-pyrrole nitrogens is 2. The molecular weight excluding hydrogens is 244 g/mol. The van der Waals surface area contributed by atoms with Crippen molar-refractivity contribution in [2.45, 2.75) is 13.2 Å². The molecule has 3 rings (SSSR count). The molecule has 0 saturated heterocycles. The van der Waals surface area contributed by atoms with Crippen molar-refractivity contribution in [1.82, 2.24) is 15.1 Å². The molecule has 2 heterocycles. The van der Waals surface area contributed by atoms with Gasteiger partial charge >= 0.3 is 5.56 Å². The zero-order valence-electron chi connectivity index (χ0n) is 10.2. The number of fused-ring (bicyclic) bond motifs is 1. The van der Waals surface area contributed by atoms with Gasteiger partial charge in [0.25, 0.3) is 11.8 Å². The minimum atomic E-state index is -0.186. The lowest BCUT2D eigenvalue weighted by Crippen LogP contribution is -2.33. The average molecular weight is 257 g/mol. The molecule has 6 heteroatoms. The van der Waals surface area contributed by atoms with Gasteiger partial charge in [-0.15, -0.1) is 0 Å². The number of hydrogen-bond donors (Lipinski definition) is 2. The highest BCUT2D eigenvalue weighted by Gasteiger charge is 2.09. The van der Waals surface area contributed by atoms with E-state index in [1.165, 1.54) is 4.52 Å². The summed E-state index contributed by atoms with van der Waals surface area (Å²) >= 11 is 0. The highest BCUT2D eigenvalue weighted by Crippen LogP contribution is 2.01. The summed E-state index contributed by atoms with van der Waals surface area (Å²) in [7, 11) is 0. The Balaban J connectivity index is 1.70. The Morgan fingerprint density at radius 3 is 2.89 bits per heavy atom. The number of imidazole rings is 1. The van der Waals surface area contributed by atoms with E-state index in [2.05, 4.69) is 15.1 Å². The van der Waals surface area contributed by atoms with Crippen LogP contribution in [-0.4, -0.2) is 15.1 Å². The Hall–Kier alpha value is -2.47. The molecule has 0 aliphatic rings. The van der Waals surface area contributed by atoms with Crippen molar-refractivity contribution in [3.05, 3.63) is 64.6 Å². The highest BCUT2D eigenvalue weighted by molar-refractivity contribution is 5.31. The molecule has 0 atom stereocenters. The molecule has 0 amide bonds. The lowest BCUT2D eigenvalue weighted by molar-refractivity contribution is -0.582. The SMILES string of the molecule is O=c1[nH]c(COCc2ccccc2)n[n+]2c[nH]cc12. The van der Waals surface area contributed by atoms with Crippen LogP contribution in [0.3, 0.4) is 0 Å². The molecule has 2 aromatic heterocycles. The standard InChI is InChI=1S/C13H12N4O2/c18-13-11-6-14-9-17(11)16-12(15-13)8-19-7-10-4-2-1-3-5-10/h1-6,9H,7-8H2,(H,15,16,18)/p+1. The van der Waals surface area contributed by atoms with E-state index in [9.17, 15) is 4.79 Å². The second kappa shape index (κ2) is 5.03. The zero-order chi connectivity index (χ0) is 13.1. The van der Waals surface area contributed by atoms with E-state index in [0.717, 1.165) is 5.56 Å². The van der Waals surface area contributed by atoms with Crippen molar-refractivity contribution in [1.29, 1.82) is 0 Å². The highest BCUT2D eigenvalue weighted by atomic mass is 16.5. The minimum Gasteiger partial charge on any atom is -0.369 e. The van der Waals surface area contributed by atoms with Gasteiger partial charge in [0.1, 0.15) is 12.8 Å². The van der Waals surface area contributed by atoms with Gasteiger partial charge in [0.2, 0.25) is 0 Å². The summed E-state index contributed by atoms with van der Waals surface area (Å²) in [5.74, 6) is 0.498. The summed E-state index contributed by atoms with van der Waals surface area (Å²) in [5.41, 5.74) is 1.38. The second-order valence-corrected chi connectivity index (χ2v) is 4.15. The van der Waals surface area contributed by atoms with E-state index in [1.54, 1.807) is 12.5 Å². The van der Waals surface area contributed by atoms with Crippen molar-refractivity contribution in [2.75, 3.05) is 0 Å². The number of nitrogens with zero attached hydrogens (tertiary/aromatic N) is 2. The summed E-state index contributed by atoms with van der Waals surface area (Å²) in [5, 5.41) is 4.23. The van der Waals surface area contributed by atoms with Crippen LogP contribution in [-0.2, 0) is 18.0 Å². The third-order valence-electron chi connectivity index (χ3n) is 2.73. The first-order chi connectivity index (χ1) is 9.33. The molecule has 0 fully saturated rings. The third kappa shape index (κ3) is 2.53. The number of benzene rings is 1. The Kier molecular flexibility index (Phi) is 3.07. The molecule has 0 bridgehead atoms. The fourth-order valence-electron chi connectivity index (χ4n) is 1.83. The summed E-state index contributed by atoms with van der Waals surface area (Å²) in [6.07, 6.45) is 3.21. The largest absolute Gasteiger partial charge is 0.369 e. The predicted octanol–water partition coefficient (Wildman–Crippen LogP) is 0.553. The molecule has 19 heavy (non-hydrogen) atoms. The van der Waals surface area contributed by atoms with E-state index >= 15 is 0 Å². The van der Waals surface area contributed by atoms with Gasteiger partial charge in [0, 0.05) is 0 Å². The van der Waals surface area contributed by atoms with Gasteiger partial charge in [-0.05, 0) is 5.56 Å². The summed E-state index contributed by atoms with van der Waals surface area (Å²) < 4.78 is 7.03. The van der Waals surface area contributed by atoms with Crippen LogP contribution in [0.2, 0.25) is 0 Å². The molecule has 0 aliphatic heterocycles. The van der Waals surface area contributed by atoms with Crippen LogP contribution in [0.4, 0.5) is 0 Å². The molecule has 6 nitrogen and oxygen atoms in total. The number of aromatic nitrogens is 4. The average Bonchev–Trinajstić information content (AvgIpc) is 2.89. The molecule has 0 spiro atoms. The van der Waals surface area contributed by atoms with Crippen molar-refractivity contribution in [3.8, 4) is 0 Å². The normalized spacial score (nSPS) is 10.9. The molecular formula is C13H13N4O2+. The van der Waals surface area contributed by atoms with Gasteiger partial charge in [0.05, 0.1) is 6.61 Å². The molecule has 0 radical (unpaired) electrons. The smallest absolute Gasteiger partial charge is 0.302 e. The van der Waals surface area contributed by atoms with Crippen LogP contribution in [0.25, 0.3) is 5.52 Å². The summed E-state index contributed by atoms with van der Waals surface area (Å²) in [6, 6.07) is 9.85. The number of rotatable bonds is 4. The maximum absolute atomic E-state index is 11.7. The first kappa shape index (κ1) is 11.6. The van der Waals surface area contributed by atoms with Crippen molar-refractivity contribution in [3.63, 3.8) is 0 Å². The van der Waals surface area contributed by atoms with Gasteiger partial charge in [-0.1, -0.05) is 39.9 Å². The van der Waals surface area contributed by atoms with Crippen LogP contribution in [0.5, 0.6) is 0 Å². The second-order valence-electron chi connectivity index (χ2n) is 4.15. The maximum atomic E-state index is 11.7. The molecule has 0 unspecified atom stereocenters. The van der Waals surface area contributed by atoms with E-state index in [-0.39, 0.29) is 12.2 Å². The first-order valence-corrected chi connectivity index (χ1v) is 5.92. The quantitative estimate of drug-likeness (QED) is 0.670. The Labute approximate surface area is 108 Å². The Bertz CT molecular complexity index is 733. The van der Waals surface area contributed by atoms with Crippen molar-refractivity contribution < 1.29 is 9.25 Å². The first-order valence-electron chi connectivity index (χ1n) is 5.92. The van der Waals surface area contributed by atoms with Crippen molar-refractivity contribution >= 4 is 5.52 Å². The monoisotopic (exact) mass is 257 g/mol.